The number of rotatable bonds is 5. The summed E-state index contributed by atoms with van der Waals surface area (Å²) in [5, 5.41) is 3.88. The van der Waals surface area contributed by atoms with E-state index in [1.54, 1.807) is 30.6 Å². The number of nitrogens with zero attached hydrogens (tertiary/aromatic N) is 4. The molecular weight excluding hydrogens is 410 g/mol. The third kappa shape index (κ3) is 4.69. The number of aromatic nitrogens is 3. The first-order valence-electron chi connectivity index (χ1n) is 10.6. The van der Waals surface area contributed by atoms with Crippen LogP contribution in [0.3, 0.4) is 0 Å². The molecule has 31 heavy (non-hydrogen) atoms. The van der Waals surface area contributed by atoms with Crippen LogP contribution in [-0.4, -0.2) is 44.9 Å². The Kier molecular flexibility index (Phi) is 6.47. The predicted molar refractivity (Wildman–Crippen MR) is 123 cm³/mol. The van der Waals surface area contributed by atoms with Crippen molar-refractivity contribution in [3.63, 3.8) is 0 Å². The minimum Gasteiger partial charge on any atom is -0.368 e. The maximum absolute atomic E-state index is 13.7. The number of anilines is 1. The lowest BCUT2D eigenvalue weighted by Gasteiger charge is -2.40. The summed E-state index contributed by atoms with van der Waals surface area (Å²) in [4.78, 5) is 28.8. The fourth-order valence-electron chi connectivity index (χ4n) is 4.11. The zero-order valence-corrected chi connectivity index (χ0v) is 18.5. The second-order valence-corrected chi connectivity index (χ2v) is 8.43. The van der Waals surface area contributed by atoms with E-state index in [9.17, 15) is 4.79 Å². The van der Waals surface area contributed by atoms with Gasteiger partial charge in [-0.25, -0.2) is 15.0 Å². The van der Waals surface area contributed by atoms with Crippen molar-refractivity contribution in [1.29, 1.82) is 0 Å². The number of benzene rings is 1. The highest BCUT2D eigenvalue weighted by atomic mass is 35.5. The molecule has 0 saturated carbocycles. The van der Waals surface area contributed by atoms with Gasteiger partial charge in [-0.05, 0) is 55.5 Å². The van der Waals surface area contributed by atoms with Crippen molar-refractivity contribution in [2.75, 3.05) is 18.4 Å². The van der Waals surface area contributed by atoms with Gasteiger partial charge in [-0.3, -0.25) is 4.79 Å². The van der Waals surface area contributed by atoms with E-state index in [0.29, 0.717) is 41.0 Å². The summed E-state index contributed by atoms with van der Waals surface area (Å²) in [6, 6.07) is 11.2. The van der Waals surface area contributed by atoms with Crippen LogP contribution in [0.15, 0.2) is 55.0 Å². The van der Waals surface area contributed by atoms with Crippen LogP contribution in [0, 0.1) is 12.8 Å². The van der Waals surface area contributed by atoms with Gasteiger partial charge in [0.25, 0.3) is 5.91 Å². The summed E-state index contributed by atoms with van der Waals surface area (Å²) in [6.07, 6.45) is 7.22. The Bertz CT molecular complexity index is 1040. The Balaban J connectivity index is 1.62. The van der Waals surface area contributed by atoms with Crippen molar-refractivity contribution in [2.24, 2.45) is 5.92 Å². The topological polar surface area (TPSA) is 71.0 Å². The SMILES string of the molecule is Cc1ccc(NC[C@@H]2[C@H](C)CCCN2C(=O)c2cccc(Cl)c2-c2ncccn2)nc1. The lowest BCUT2D eigenvalue weighted by molar-refractivity contribution is 0.0540. The molecule has 2 atom stereocenters. The molecule has 3 aromatic rings. The molecule has 0 aliphatic carbocycles. The molecule has 1 saturated heterocycles. The number of hydrogen-bond donors (Lipinski definition) is 1. The van der Waals surface area contributed by atoms with E-state index >= 15 is 0 Å². The smallest absolute Gasteiger partial charge is 0.254 e. The minimum absolute atomic E-state index is 0.0415. The minimum atomic E-state index is -0.0415. The normalized spacial score (nSPS) is 18.6. The molecule has 6 nitrogen and oxygen atoms in total. The van der Waals surface area contributed by atoms with Gasteiger partial charge in [0.2, 0.25) is 0 Å². The van der Waals surface area contributed by atoms with Gasteiger partial charge in [-0.1, -0.05) is 30.7 Å². The summed E-state index contributed by atoms with van der Waals surface area (Å²) >= 11 is 6.49. The molecule has 7 heteroatoms. The van der Waals surface area contributed by atoms with Crippen LogP contribution in [0.25, 0.3) is 11.4 Å². The second kappa shape index (κ2) is 9.43. The molecule has 1 aliphatic heterocycles. The molecule has 1 N–H and O–H groups in total. The standard InChI is InChI=1S/C24H26ClN5O/c1-16-9-10-21(28-14-16)29-15-20-17(2)6-4-13-30(20)24(31)18-7-3-8-19(25)22(18)23-26-11-5-12-27-23/h3,5,7-12,14,17,20H,4,6,13,15H2,1-2H3,(H,28,29)/t17-,20-/m1/s1. The lowest BCUT2D eigenvalue weighted by Crippen LogP contribution is -2.51. The predicted octanol–water partition coefficient (Wildman–Crippen LogP) is 4.85. The van der Waals surface area contributed by atoms with Crippen LogP contribution in [0.1, 0.15) is 35.7 Å². The number of piperidine rings is 1. The van der Waals surface area contributed by atoms with Crippen molar-refractivity contribution in [3.8, 4) is 11.4 Å². The average Bonchev–Trinajstić information content (AvgIpc) is 2.79. The number of aryl methyl sites for hydroxylation is 1. The Morgan fingerprint density at radius 2 is 1.97 bits per heavy atom. The first kappa shape index (κ1) is 21.2. The van der Waals surface area contributed by atoms with E-state index in [1.165, 1.54) is 0 Å². The molecule has 3 heterocycles. The Morgan fingerprint density at radius 1 is 1.16 bits per heavy atom. The summed E-state index contributed by atoms with van der Waals surface area (Å²) in [5.41, 5.74) is 2.23. The first-order chi connectivity index (χ1) is 15.0. The molecule has 2 aromatic heterocycles. The van der Waals surface area contributed by atoms with Gasteiger partial charge in [0, 0.05) is 31.7 Å². The van der Waals surface area contributed by atoms with Gasteiger partial charge in [0.1, 0.15) is 5.82 Å². The van der Waals surface area contributed by atoms with Crippen LogP contribution in [0.5, 0.6) is 0 Å². The Morgan fingerprint density at radius 3 is 2.71 bits per heavy atom. The van der Waals surface area contributed by atoms with Gasteiger partial charge >= 0.3 is 0 Å². The molecule has 160 valence electrons. The molecule has 0 unspecified atom stereocenters. The molecule has 1 aromatic carbocycles. The van der Waals surface area contributed by atoms with Gasteiger partial charge in [0.15, 0.2) is 5.82 Å². The molecule has 0 bridgehead atoms. The van der Waals surface area contributed by atoms with Crippen LogP contribution in [-0.2, 0) is 0 Å². The molecule has 1 aliphatic rings. The first-order valence-corrected chi connectivity index (χ1v) is 11.0. The van der Waals surface area contributed by atoms with E-state index in [4.69, 9.17) is 11.6 Å². The zero-order valence-electron chi connectivity index (χ0n) is 17.8. The number of carbonyl (C=O) groups excluding carboxylic acids is 1. The second-order valence-electron chi connectivity index (χ2n) is 8.02. The van der Waals surface area contributed by atoms with E-state index in [1.807, 2.05) is 36.2 Å². The largest absolute Gasteiger partial charge is 0.368 e. The lowest BCUT2D eigenvalue weighted by atomic mass is 9.89. The van der Waals surface area contributed by atoms with Gasteiger partial charge in [0.05, 0.1) is 22.2 Å². The average molecular weight is 436 g/mol. The van der Waals surface area contributed by atoms with Crippen LogP contribution >= 0.6 is 11.6 Å². The highest BCUT2D eigenvalue weighted by Crippen LogP contribution is 2.32. The van der Waals surface area contributed by atoms with E-state index in [-0.39, 0.29) is 11.9 Å². The third-order valence-electron chi connectivity index (χ3n) is 5.81. The highest BCUT2D eigenvalue weighted by molar-refractivity contribution is 6.34. The van der Waals surface area contributed by atoms with E-state index in [0.717, 1.165) is 24.2 Å². The van der Waals surface area contributed by atoms with E-state index < -0.39 is 0 Å². The number of halogens is 1. The monoisotopic (exact) mass is 435 g/mol. The quantitative estimate of drug-likeness (QED) is 0.620. The zero-order chi connectivity index (χ0) is 21.8. The fourth-order valence-corrected chi connectivity index (χ4v) is 4.37. The van der Waals surface area contributed by atoms with Gasteiger partial charge in [-0.2, -0.15) is 0 Å². The van der Waals surface area contributed by atoms with Crippen molar-refractivity contribution in [1.82, 2.24) is 19.9 Å². The molecule has 4 rings (SSSR count). The number of hydrogen-bond acceptors (Lipinski definition) is 5. The fraction of sp³-hybridized carbons (Fsp3) is 0.333. The van der Waals surface area contributed by atoms with Gasteiger partial charge in [-0.15, -0.1) is 0 Å². The van der Waals surface area contributed by atoms with E-state index in [2.05, 4.69) is 27.2 Å². The molecule has 1 amide bonds. The Labute approximate surface area is 187 Å². The van der Waals surface area contributed by atoms with Crippen molar-refractivity contribution in [2.45, 2.75) is 32.7 Å². The van der Waals surface area contributed by atoms with Crippen LogP contribution < -0.4 is 5.32 Å². The Hall–Kier alpha value is -2.99. The van der Waals surface area contributed by atoms with Gasteiger partial charge < -0.3 is 10.2 Å². The number of amides is 1. The van der Waals surface area contributed by atoms with Crippen LogP contribution in [0.4, 0.5) is 5.82 Å². The van der Waals surface area contributed by atoms with Crippen molar-refractivity contribution in [3.05, 3.63) is 71.1 Å². The number of nitrogens with one attached hydrogen (secondary N) is 1. The maximum Gasteiger partial charge on any atom is 0.254 e. The van der Waals surface area contributed by atoms with Crippen molar-refractivity contribution >= 4 is 23.3 Å². The molecule has 0 spiro atoms. The van der Waals surface area contributed by atoms with Crippen LogP contribution in [0.2, 0.25) is 5.02 Å². The summed E-state index contributed by atoms with van der Waals surface area (Å²) in [7, 11) is 0. The molecule has 1 fully saturated rings. The maximum atomic E-state index is 13.7. The highest BCUT2D eigenvalue weighted by Gasteiger charge is 2.33. The van der Waals surface area contributed by atoms with Crippen molar-refractivity contribution < 1.29 is 4.79 Å². The molecule has 0 radical (unpaired) electrons. The summed E-state index contributed by atoms with van der Waals surface area (Å²) in [5.74, 6) is 1.60. The number of carbonyl (C=O) groups is 1. The molecular formula is C24H26ClN5O. The number of likely N-dealkylation sites (tertiary alicyclic amines) is 1. The summed E-state index contributed by atoms with van der Waals surface area (Å²) < 4.78 is 0. The summed E-state index contributed by atoms with van der Waals surface area (Å²) in [6.45, 7) is 5.56. The third-order valence-corrected chi connectivity index (χ3v) is 6.13. The number of pyridine rings is 1.